The fourth-order valence-electron chi connectivity index (χ4n) is 2.86. The minimum Gasteiger partial charge on any atom is -0.452 e. The summed E-state index contributed by atoms with van der Waals surface area (Å²) in [6.45, 7) is -2.32. The van der Waals surface area contributed by atoms with E-state index in [9.17, 15) is 65.7 Å². The summed E-state index contributed by atoms with van der Waals surface area (Å²) in [5.74, 6) is -5.35. The van der Waals surface area contributed by atoms with Crippen LogP contribution in [0.5, 0.6) is 0 Å². The van der Waals surface area contributed by atoms with Crippen molar-refractivity contribution in [2.24, 2.45) is 0 Å². The Morgan fingerprint density at radius 2 is 1.02 bits per heavy atom. The zero-order chi connectivity index (χ0) is 31.8. The Morgan fingerprint density at radius 1 is 0.690 bits per heavy atom. The van der Waals surface area contributed by atoms with E-state index in [0.717, 1.165) is 0 Å². The second kappa shape index (κ2) is 13.2. The Kier molecular flexibility index (Phi) is 10.3. The first kappa shape index (κ1) is 32.7. The molecule has 224 valence electrons. The lowest BCUT2D eigenvalue weighted by atomic mass is 10.1. The molecule has 0 fully saturated rings. The molecule has 0 radical (unpaired) electrons. The molecule has 0 unspecified atom stereocenters. The van der Waals surface area contributed by atoms with E-state index in [1.54, 1.807) is 10.6 Å². The van der Waals surface area contributed by atoms with Gasteiger partial charge in [0.15, 0.2) is 13.2 Å². The Balaban J connectivity index is 1.89. The van der Waals surface area contributed by atoms with Crippen LogP contribution in [0.2, 0.25) is 0 Å². The topological polar surface area (TPSA) is 197 Å². The fourth-order valence-corrected chi connectivity index (χ4v) is 2.86. The van der Waals surface area contributed by atoms with Crippen LogP contribution in [0.1, 0.15) is 11.1 Å². The Labute approximate surface area is 228 Å². The van der Waals surface area contributed by atoms with Gasteiger partial charge in [0.1, 0.15) is 0 Å². The number of nitro benzene ring substituents is 2. The van der Waals surface area contributed by atoms with Crippen LogP contribution in [0.4, 0.5) is 49.1 Å². The van der Waals surface area contributed by atoms with Crippen molar-refractivity contribution < 1.29 is 64.8 Å². The Bertz CT molecular complexity index is 1350. The number of carbonyl (C=O) groups excluding carboxylic acids is 4. The van der Waals surface area contributed by atoms with Crippen molar-refractivity contribution in [3.63, 3.8) is 0 Å². The standard InChI is InChI=1S/C22H14F6N4O10/c23-21(24,25)13-7-11(31(37)38)1-3-15(13)29-17(33)9-41-19(35)5-6-20(36)42-10-18(34)30-16-4-2-12(32(39)40)8-14(16)22(26,27)28/h1-8H,9-10H2,(H,29,33)(H,30,34). The molecule has 0 saturated carbocycles. The molecule has 2 amide bonds. The maximum absolute atomic E-state index is 13.2. The number of anilines is 2. The lowest BCUT2D eigenvalue weighted by molar-refractivity contribution is -0.385. The van der Waals surface area contributed by atoms with Crippen molar-refractivity contribution >= 4 is 46.5 Å². The molecule has 2 aromatic rings. The highest BCUT2D eigenvalue weighted by Gasteiger charge is 2.36. The number of hydrogen-bond acceptors (Lipinski definition) is 10. The summed E-state index contributed by atoms with van der Waals surface area (Å²) >= 11 is 0. The van der Waals surface area contributed by atoms with Gasteiger partial charge in [-0.3, -0.25) is 29.8 Å². The van der Waals surface area contributed by atoms with Gasteiger partial charge >= 0.3 is 24.3 Å². The first-order valence-electron chi connectivity index (χ1n) is 10.7. The monoisotopic (exact) mass is 608 g/mol. The molecule has 0 atom stereocenters. The molecule has 0 bridgehead atoms. The third kappa shape index (κ3) is 9.57. The van der Waals surface area contributed by atoms with Crippen molar-refractivity contribution in [1.82, 2.24) is 0 Å². The summed E-state index contributed by atoms with van der Waals surface area (Å²) in [6.07, 6.45) is -9.40. The lowest BCUT2D eigenvalue weighted by Gasteiger charge is -2.13. The second-order valence-corrected chi connectivity index (χ2v) is 7.61. The summed E-state index contributed by atoms with van der Waals surface area (Å²) in [5.41, 5.74) is -6.65. The molecule has 14 nitrogen and oxygen atoms in total. The Morgan fingerprint density at radius 3 is 1.31 bits per heavy atom. The first-order chi connectivity index (χ1) is 19.4. The molecular formula is C22H14F6N4O10. The number of alkyl halides is 6. The van der Waals surface area contributed by atoms with Crippen LogP contribution in [0.15, 0.2) is 48.6 Å². The molecule has 0 aliphatic carbocycles. The van der Waals surface area contributed by atoms with Crippen molar-refractivity contribution in [1.29, 1.82) is 0 Å². The average molecular weight is 608 g/mol. The van der Waals surface area contributed by atoms with Crippen LogP contribution in [0, 0.1) is 20.2 Å². The van der Waals surface area contributed by atoms with E-state index in [0.29, 0.717) is 36.4 Å². The molecule has 0 saturated heterocycles. The smallest absolute Gasteiger partial charge is 0.418 e. The Hall–Kier alpha value is -5.56. The zero-order valence-corrected chi connectivity index (χ0v) is 20.3. The predicted octanol–water partition coefficient (Wildman–Crippen LogP) is 3.76. The number of ether oxygens (including phenoxy) is 2. The molecule has 2 rings (SSSR count). The number of hydrogen-bond donors (Lipinski definition) is 2. The largest absolute Gasteiger partial charge is 0.452 e. The summed E-state index contributed by atoms with van der Waals surface area (Å²) < 4.78 is 87.8. The molecule has 42 heavy (non-hydrogen) atoms. The van der Waals surface area contributed by atoms with E-state index < -0.39 is 93.0 Å². The highest BCUT2D eigenvalue weighted by Crippen LogP contribution is 2.38. The molecule has 0 heterocycles. The average Bonchev–Trinajstić information content (AvgIpc) is 2.88. The van der Waals surface area contributed by atoms with E-state index >= 15 is 0 Å². The SMILES string of the molecule is O=C(COC(=O)C=CC(=O)OCC(=O)Nc1ccc([N+](=O)[O-])cc1C(F)(F)F)Nc1ccc([N+](=O)[O-])cc1C(F)(F)F. The van der Waals surface area contributed by atoms with E-state index in [1.807, 2.05) is 0 Å². The van der Waals surface area contributed by atoms with Gasteiger partial charge < -0.3 is 20.1 Å². The molecule has 20 heteroatoms. The summed E-state index contributed by atoms with van der Waals surface area (Å²) in [6, 6.07) is 2.95. The third-order valence-corrected chi connectivity index (χ3v) is 4.63. The number of nitrogens with zero attached hydrogens (tertiary/aromatic N) is 2. The number of nitro groups is 2. The summed E-state index contributed by atoms with van der Waals surface area (Å²) in [5, 5.41) is 24.9. The number of non-ortho nitro benzene ring substituents is 2. The molecule has 0 aromatic heterocycles. The van der Waals surface area contributed by atoms with Crippen molar-refractivity contribution in [2.45, 2.75) is 12.4 Å². The minimum absolute atomic E-state index is 0.178. The van der Waals surface area contributed by atoms with Crippen LogP contribution in [-0.2, 0) is 41.0 Å². The number of benzene rings is 2. The van der Waals surface area contributed by atoms with E-state index in [1.165, 1.54) is 0 Å². The highest BCUT2D eigenvalue weighted by molar-refractivity contribution is 5.97. The van der Waals surface area contributed by atoms with Crippen LogP contribution >= 0.6 is 0 Å². The zero-order valence-electron chi connectivity index (χ0n) is 20.3. The van der Waals surface area contributed by atoms with Crippen LogP contribution < -0.4 is 10.6 Å². The van der Waals surface area contributed by atoms with Crippen molar-refractivity contribution in [3.8, 4) is 0 Å². The quantitative estimate of drug-likeness (QED) is 0.132. The molecule has 2 N–H and O–H groups in total. The van der Waals surface area contributed by atoms with Gasteiger partial charge in [-0.1, -0.05) is 0 Å². The number of amides is 2. The molecule has 2 aromatic carbocycles. The van der Waals surface area contributed by atoms with E-state index in [4.69, 9.17) is 0 Å². The van der Waals surface area contributed by atoms with Gasteiger partial charge in [0.05, 0.1) is 32.3 Å². The van der Waals surface area contributed by atoms with Gasteiger partial charge in [-0.2, -0.15) is 26.3 Å². The van der Waals surface area contributed by atoms with Gasteiger partial charge in [-0.15, -0.1) is 0 Å². The number of carbonyl (C=O) groups is 4. The third-order valence-electron chi connectivity index (χ3n) is 4.63. The first-order valence-corrected chi connectivity index (χ1v) is 10.7. The van der Waals surface area contributed by atoms with Gasteiger partial charge in [-0.25, -0.2) is 9.59 Å². The number of nitrogens with one attached hydrogen (secondary N) is 2. The van der Waals surface area contributed by atoms with Crippen molar-refractivity contribution in [2.75, 3.05) is 23.8 Å². The van der Waals surface area contributed by atoms with Gasteiger partial charge in [0, 0.05) is 36.4 Å². The van der Waals surface area contributed by atoms with Gasteiger partial charge in [0.2, 0.25) is 0 Å². The summed E-state index contributed by atoms with van der Waals surface area (Å²) in [7, 11) is 0. The van der Waals surface area contributed by atoms with Crippen LogP contribution in [0.25, 0.3) is 0 Å². The predicted molar refractivity (Wildman–Crippen MR) is 125 cm³/mol. The van der Waals surface area contributed by atoms with E-state index in [2.05, 4.69) is 9.47 Å². The maximum atomic E-state index is 13.2. The lowest BCUT2D eigenvalue weighted by Crippen LogP contribution is -2.23. The minimum atomic E-state index is -5.09. The normalized spacial score (nSPS) is 11.5. The van der Waals surface area contributed by atoms with Crippen LogP contribution in [-0.4, -0.2) is 46.8 Å². The van der Waals surface area contributed by atoms with Crippen LogP contribution in [0.3, 0.4) is 0 Å². The summed E-state index contributed by atoms with van der Waals surface area (Å²) in [4.78, 5) is 66.3. The second-order valence-electron chi connectivity index (χ2n) is 7.61. The van der Waals surface area contributed by atoms with Gasteiger partial charge in [-0.05, 0) is 12.1 Å². The molecule has 0 aliphatic heterocycles. The molecule has 0 spiro atoms. The molecule has 0 aliphatic rings. The number of rotatable bonds is 10. The van der Waals surface area contributed by atoms with Gasteiger partial charge in [0.25, 0.3) is 23.2 Å². The maximum Gasteiger partial charge on any atom is 0.418 e. The molecular weight excluding hydrogens is 594 g/mol. The van der Waals surface area contributed by atoms with E-state index in [-0.39, 0.29) is 12.1 Å². The number of esters is 2. The highest BCUT2D eigenvalue weighted by atomic mass is 19.4. The fraction of sp³-hybridized carbons (Fsp3) is 0.182. The van der Waals surface area contributed by atoms with Crippen molar-refractivity contribution in [3.05, 3.63) is 79.9 Å². The number of halogens is 6.